The van der Waals surface area contributed by atoms with Crippen LogP contribution in [0.15, 0.2) is 60.7 Å². The SMILES string of the molecule is CC(=O)c1cccc(OC(=O)c2ccc(N3C(=O)[C@@H]4[C@H]5C=C[C@@H]([C@@H]6C[C@@H]56)[C@H]4C3=O)cc2)c1. The summed E-state index contributed by atoms with van der Waals surface area (Å²) in [6.45, 7) is 1.45. The van der Waals surface area contributed by atoms with Crippen LogP contribution in [0.2, 0.25) is 0 Å². The third-order valence-electron chi connectivity index (χ3n) is 7.48. The van der Waals surface area contributed by atoms with Gasteiger partial charge in [-0.05, 0) is 73.4 Å². The van der Waals surface area contributed by atoms with E-state index in [1.54, 1.807) is 42.5 Å². The van der Waals surface area contributed by atoms with E-state index in [1.807, 2.05) is 0 Å². The van der Waals surface area contributed by atoms with Gasteiger partial charge < -0.3 is 4.74 Å². The van der Waals surface area contributed by atoms with Crippen molar-refractivity contribution in [3.63, 3.8) is 0 Å². The van der Waals surface area contributed by atoms with Crippen molar-refractivity contribution in [2.75, 3.05) is 4.90 Å². The van der Waals surface area contributed by atoms with Crippen LogP contribution in [0.1, 0.15) is 34.1 Å². The van der Waals surface area contributed by atoms with E-state index >= 15 is 0 Å². The first-order valence-electron chi connectivity index (χ1n) is 10.9. The number of Topliss-reactive ketones (excluding diaryl/α,β-unsaturated/α-hetero) is 1. The number of anilines is 1. The third kappa shape index (κ3) is 2.72. The largest absolute Gasteiger partial charge is 0.423 e. The van der Waals surface area contributed by atoms with Gasteiger partial charge in [-0.25, -0.2) is 4.79 Å². The fourth-order valence-corrected chi connectivity index (χ4v) is 5.90. The summed E-state index contributed by atoms with van der Waals surface area (Å²) in [4.78, 5) is 51.8. The van der Waals surface area contributed by atoms with Crippen molar-refractivity contribution in [1.29, 1.82) is 0 Å². The van der Waals surface area contributed by atoms with Crippen molar-refractivity contribution >= 4 is 29.3 Å². The molecule has 0 unspecified atom stereocenters. The van der Waals surface area contributed by atoms with E-state index in [2.05, 4.69) is 12.2 Å². The van der Waals surface area contributed by atoms with Crippen molar-refractivity contribution in [3.05, 3.63) is 71.8 Å². The van der Waals surface area contributed by atoms with Crippen LogP contribution in [0.5, 0.6) is 5.75 Å². The first-order valence-corrected chi connectivity index (χ1v) is 10.9. The second kappa shape index (κ2) is 6.73. The molecule has 2 saturated carbocycles. The number of nitrogens with zero attached hydrogens (tertiary/aromatic N) is 1. The highest BCUT2D eigenvalue weighted by Crippen LogP contribution is 2.65. The third-order valence-corrected chi connectivity index (χ3v) is 7.48. The molecule has 2 aromatic carbocycles. The number of amides is 2. The van der Waals surface area contributed by atoms with Gasteiger partial charge in [0.2, 0.25) is 11.8 Å². The van der Waals surface area contributed by atoms with E-state index in [4.69, 9.17) is 4.74 Å². The van der Waals surface area contributed by atoms with Gasteiger partial charge in [0, 0.05) is 5.56 Å². The van der Waals surface area contributed by atoms with Crippen molar-refractivity contribution in [3.8, 4) is 5.75 Å². The van der Waals surface area contributed by atoms with Crippen molar-refractivity contribution in [2.24, 2.45) is 35.5 Å². The average Bonchev–Trinajstić information content (AvgIpc) is 3.57. The highest BCUT2D eigenvalue weighted by Gasteiger charge is 2.67. The number of benzene rings is 2. The molecule has 32 heavy (non-hydrogen) atoms. The Hall–Kier alpha value is -3.54. The van der Waals surface area contributed by atoms with Crippen molar-refractivity contribution in [1.82, 2.24) is 0 Å². The molecular formula is C26H21NO5. The molecule has 1 saturated heterocycles. The molecule has 5 aliphatic rings. The van der Waals surface area contributed by atoms with Crippen LogP contribution in [-0.4, -0.2) is 23.6 Å². The van der Waals surface area contributed by atoms with Gasteiger partial charge in [0.05, 0.1) is 23.1 Å². The van der Waals surface area contributed by atoms with E-state index in [1.165, 1.54) is 17.9 Å². The van der Waals surface area contributed by atoms with Gasteiger partial charge in [-0.1, -0.05) is 24.3 Å². The van der Waals surface area contributed by atoms with E-state index in [0.717, 1.165) is 6.42 Å². The van der Waals surface area contributed by atoms with Crippen LogP contribution in [0, 0.1) is 35.5 Å². The van der Waals surface area contributed by atoms with Gasteiger partial charge in [-0.2, -0.15) is 0 Å². The lowest BCUT2D eigenvalue weighted by Crippen LogP contribution is -2.40. The minimum atomic E-state index is -0.577. The van der Waals surface area contributed by atoms with E-state index in [9.17, 15) is 19.2 Å². The molecular weight excluding hydrogens is 406 g/mol. The summed E-state index contributed by atoms with van der Waals surface area (Å²) in [5, 5.41) is 0. The predicted molar refractivity (Wildman–Crippen MR) is 115 cm³/mol. The number of imide groups is 1. The summed E-state index contributed by atoms with van der Waals surface area (Å²) < 4.78 is 5.38. The van der Waals surface area contributed by atoms with Crippen LogP contribution in [0.4, 0.5) is 5.69 Å². The second-order valence-corrected chi connectivity index (χ2v) is 9.19. The zero-order valence-corrected chi connectivity index (χ0v) is 17.4. The van der Waals surface area contributed by atoms with Crippen LogP contribution >= 0.6 is 0 Å². The van der Waals surface area contributed by atoms with Crippen LogP contribution in [0.25, 0.3) is 0 Å². The smallest absolute Gasteiger partial charge is 0.343 e. The van der Waals surface area contributed by atoms with Crippen molar-refractivity contribution in [2.45, 2.75) is 13.3 Å². The van der Waals surface area contributed by atoms with Crippen LogP contribution in [0.3, 0.4) is 0 Å². The molecule has 4 aliphatic carbocycles. The van der Waals surface area contributed by atoms with Gasteiger partial charge in [-0.3, -0.25) is 19.3 Å². The van der Waals surface area contributed by atoms with Crippen molar-refractivity contribution < 1.29 is 23.9 Å². The maximum atomic E-state index is 13.2. The molecule has 0 N–H and O–H groups in total. The number of esters is 1. The Morgan fingerprint density at radius 2 is 1.50 bits per heavy atom. The number of allylic oxidation sites excluding steroid dienone is 2. The second-order valence-electron chi connectivity index (χ2n) is 9.19. The highest BCUT2D eigenvalue weighted by atomic mass is 16.5. The molecule has 0 spiro atoms. The van der Waals surface area contributed by atoms with Gasteiger partial charge in [-0.15, -0.1) is 0 Å². The lowest BCUT2D eigenvalue weighted by Gasteiger charge is -2.37. The number of carbonyl (C=O) groups excluding carboxylic acids is 4. The molecule has 0 aromatic heterocycles. The summed E-state index contributed by atoms with van der Waals surface area (Å²) in [6.07, 6.45) is 5.42. The molecule has 3 fully saturated rings. The topological polar surface area (TPSA) is 80.8 Å². The lowest BCUT2D eigenvalue weighted by atomic mass is 9.63. The number of carbonyl (C=O) groups is 4. The predicted octanol–water partition coefficient (Wildman–Crippen LogP) is 3.67. The Bertz CT molecular complexity index is 1180. The average molecular weight is 427 g/mol. The summed E-state index contributed by atoms with van der Waals surface area (Å²) in [7, 11) is 0. The molecule has 7 rings (SSSR count). The Kier molecular flexibility index (Phi) is 4.03. The fourth-order valence-electron chi connectivity index (χ4n) is 5.90. The Labute approximate surface area is 184 Å². The highest BCUT2D eigenvalue weighted by molar-refractivity contribution is 6.22. The molecule has 2 aromatic rings. The van der Waals surface area contributed by atoms with E-state index in [-0.39, 0.29) is 47.0 Å². The monoisotopic (exact) mass is 427 g/mol. The fraction of sp³-hybridized carbons (Fsp3) is 0.308. The zero-order chi connectivity index (χ0) is 22.1. The van der Waals surface area contributed by atoms with Gasteiger partial charge >= 0.3 is 5.97 Å². The molecule has 6 atom stereocenters. The normalized spacial score (nSPS) is 31.3. The van der Waals surface area contributed by atoms with E-state index in [0.29, 0.717) is 28.7 Å². The Morgan fingerprint density at radius 1 is 0.875 bits per heavy atom. The molecule has 2 bridgehead atoms. The minimum Gasteiger partial charge on any atom is -0.423 e. The van der Waals surface area contributed by atoms with Crippen LogP contribution < -0.4 is 9.64 Å². The minimum absolute atomic E-state index is 0.117. The standard InChI is InChI=1S/C26H21NO5/c1-13(28)15-3-2-4-17(11-15)32-26(31)14-5-7-16(8-6-14)27-24(29)22-18-9-10-19(21-12-20(18)21)23(22)25(27)30/h2-11,18-23H,12H2,1H3/t18-,19-,20-,21-,22+,23+/m0/s1. The summed E-state index contributed by atoms with van der Waals surface area (Å²) in [5.74, 6) is 0.306. The van der Waals surface area contributed by atoms with Gasteiger partial charge in [0.25, 0.3) is 0 Å². The van der Waals surface area contributed by atoms with Gasteiger partial charge in [0.15, 0.2) is 5.78 Å². The molecule has 6 nitrogen and oxygen atoms in total. The number of ketones is 1. The molecule has 1 aliphatic heterocycles. The van der Waals surface area contributed by atoms with Crippen LogP contribution in [-0.2, 0) is 9.59 Å². The number of ether oxygens (including phenoxy) is 1. The van der Waals surface area contributed by atoms with E-state index < -0.39 is 5.97 Å². The maximum Gasteiger partial charge on any atom is 0.343 e. The molecule has 2 amide bonds. The maximum absolute atomic E-state index is 13.2. The number of hydrogen-bond acceptors (Lipinski definition) is 5. The summed E-state index contributed by atoms with van der Waals surface area (Å²) >= 11 is 0. The summed E-state index contributed by atoms with van der Waals surface area (Å²) in [6, 6.07) is 12.8. The number of rotatable bonds is 4. The lowest BCUT2D eigenvalue weighted by molar-refractivity contribution is -0.124. The summed E-state index contributed by atoms with van der Waals surface area (Å²) in [5.41, 5.74) is 1.23. The van der Waals surface area contributed by atoms with Gasteiger partial charge in [0.1, 0.15) is 5.75 Å². The quantitative estimate of drug-likeness (QED) is 0.245. The molecule has 0 radical (unpaired) electrons. The molecule has 160 valence electrons. The molecule has 6 heteroatoms. The first-order chi connectivity index (χ1) is 15.4. The molecule has 1 heterocycles. The zero-order valence-electron chi connectivity index (χ0n) is 17.4. The first kappa shape index (κ1) is 19.2. The Morgan fingerprint density at radius 3 is 2.09 bits per heavy atom. The number of hydrogen-bond donors (Lipinski definition) is 0. The Balaban J connectivity index is 1.21.